The second kappa shape index (κ2) is 8.69. The highest BCUT2D eigenvalue weighted by Gasteiger charge is 2.07. The molecule has 2 aromatic rings. The van der Waals surface area contributed by atoms with Crippen molar-refractivity contribution >= 4 is 39.5 Å². The maximum Gasteiger partial charge on any atom is 0.248 e. The molecule has 0 atom stereocenters. The number of halogens is 2. The van der Waals surface area contributed by atoms with Crippen molar-refractivity contribution in [2.45, 2.75) is 11.3 Å². The summed E-state index contributed by atoms with van der Waals surface area (Å²) in [6.07, 6.45) is 0.0699. The molecule has 0 spiro atoms. The fourth-order valence-electron chi connectivity index (χ4n) is 1.69. The van der Waals surface area contributed by atoms with Gasteiger partial charge in [-0.2, -0.15) is 0 Å². The van der Waals surface area contributed by atoms with Crippen LogP contribution in [0.3, 0.4) is 0 Å². The number of nitrogens with one attached hydrogen (secondary N) is 2. The molecule has 2 aromatic carbocycles. The van der Waals surface area contributed by atoms with Gasteiger partial charge in [-0.25, -0.2) is 4.39 Å². The van der Waals surface area contributed by atoms with Crippen LogP contribution in [0.5, 0.6) is 0 Å². The molecule has 0 heterocycles. The lowest BCUT2D eigenvalue weighted by molar-refractivity contribution is -0.127. The number of hydrazine groups is 1. The summed E-state index contributed by atoms with van der Waals surface area (Å²) < 4.78 is 13.7. The molecule has 0 aliphatic rings. The number of carbonyl (C=O) groups excluding carboxylic acids is 2. The van der Waals surface area contributed by atoms with Gasteiger partial charge in [-0.3, -0.25) is 20.4 Å². The van der Waals surface area contributed by atoms with Crippen molar-refractivity contribution in [1.29, 1.82) is 0 Å². The lowest BCUT2D eigenvalue weighted by atomic mass is 10.1. The molecule has 120 valence electrons. The van der Waals surface area contributed by atoms with Crippen molar-refractivity contribution in [3.63, 3.8) is 0 Å². The summed E-state index contributed by atoms with van der Waals surface area (Å²) in [6.45, 7) is 0. The zero-order valence-corrected chi connectivity index (χ0v) is 14.4. The Balaban J connectivity index is 1.70. The van der Waals surface area contributed by atoms with Crippen LogP contribution in [-0.4, -0.2) is 17.6 Å². The van der Waals surface area contributed by atoms with Crippen LogP contribution in [0.4, 0.5) is 4.39 Å². The van der Waals surface area contributed by atoms with E-state index >= 15 is 0 Å². The molecule has 0 aliphatic heterocycles. The molecule has 0 saturated carbocycles. The summed E-state index contributed by atoms with van der Waals surface area (Å²) in [4.78, 5) is 24.3. The van der Waals surface area contributed by atoms with E-state index in [0.29, 0.717) is 5.56 Å². The van der Waals surface area contributed by atoms with Gasteiger partial charge < -0.3 is 0 Å². The monoisotopic (exact) mass is 396 g/mol. The standard InChI is InChI=1S/C16H14BrFN2O2S/c17-12-3-7-14(8-4-12)23-10-16(22)20-19-15(21)9-11-1-5-13(18)6-2-11/h1-8H,9-10H2,(H,19,21)(H,20,22). The van der Waals surface area contributed by atoms with Gasteiger partial charge in [0.15, 0.2) is 0 Å². The number of hydrogen-bond donors (Lipinski definition) is 2. The summed E-state index contributed by atoms with van der Waals surface area (Å²) in [5.74, 6) is -0.824. The molecule has 0 saturated heterocycles. The van der Waals surface area contributed by atoms with Crippen LogP contribution in [0.25, 0.3) is 0 Å². The van der Waals surface area contributed by atoms with Crippen LogP contribution in [0, 0.1) is 5.82 Å². The largest absolute Gasteiger partial charge is 0.273 e. The molecule has 7 heteroatoms. The summed E-state index contributed by atoms with van der Waals surface area (Å²) in [5, 5.41) is 0. The molecule has 2 amide bonds. The van der Waals surface area contributed by atoms with Gasteiger partial charge in [0.1, 0.15) is 5.82 Å². The minimum atomic E-state index is -0.362. The Kier molecular flexibility index (Phi) is 6.61. The van der Waals surface area contributed by atoms with Gasteiger partial charge in [-0.05, 0) is 42.0 Å². The highest BCUT2D eigenvalue weighted by Crippen LogP contribution is 2.20. The second-order valence-electron chi connectivity index (χ2n) is 4.64. The predicted octanol–water partition coefficient (Wildman–Crippen LogP) is 3.07. The Morgan fingerprint density at radius 2 is 1.57 bits per heavy atom. The average molecular weight is 397 g/mol. The highest BCUT2D eigenvalue weighted by molar-refractivity contribution is 9.10. The van der Waals surface area contributed by atoms with E-state index in [9.17, 15) is 14.0 Å². The van der Waals surface area contributed by atoms with E-state index in [-0.39, 0.29) is 29.8 Å². The Labute approximate surface area is 145 Å². The van der Waals surface area contributed by atoms with E-state index in [4.69, 9.17) is 0 Å². The number of carbonyl (C=O) groups is 2. The Morgan fingerprint density at radius 1 is 0.957 bits per heavy atom. The lowest BCUT2D eigenvalue weighted by Crippen LogP contribution is -2.43. The van der Waals surface area contributed by atoms with Crippen molar-refractivity contribution in [2.75, 3.05) is 5.75 Å². The zero-order chi connectivity index (χ0) is 16.7. The Morgan fingerprint density at radius 3 is 2.22 bits per heavy atom. The van der Waals surface area contributed by atoms with Gasteiger partial charge in [0.2, 0.25) is 11.8 Å². The quantitative estimate of drug-likeness (QED) is 0.602. The van der Waals surface area contributed by atoms with Crippen molar-refractivity contribution in [3.05, 3.63) is 64.4 Å². The predicted molar refractivity (Wildman–Crippen MR) is 91.3 cm³/mol. The van der Waals surface area contributed by atoms with Gasteiger partial charge >= 0.3 is 0 Å². The first-order valence-electron chi connectivity index (χ1n) is 6.73. The molecule has 2 rings (SSSR count). The lowest BCUT2D eigenvalue weighted by Gasteiger charge is -2.07. The molecule has 2 N–H and O–H groups in total. The molecule has 0 fully saturated rings. The second-order valence-corrected chi connectivity index (χ2v) is 6.61. The summed E-state index contributed by atoms with van der Waals surface area (Å²) in [6, 6.07) is 13.2. The van der Waals surface area contributed by atoms with Crippen molar-refractivity contribution in [2.24, 2.45) is 0 Å². The first kappa shape index (κ1) is 17.5. The molecule has 0 radical (unpaired) electrons. The van der Waals surface area contributed by atoms with Crippen LogP contribution in [0.1, 0.15) is 5.56 Å². The van der Waals surface area contributed by atoms with Crippen LogP contribution >= 0.6 is 27.7 Å². The van der Waals surface area contributed by atoms with Crippen LogP contribution < -0.4 is 10.9 Å². The van der Waals surface area contributed by atoms with Gasteiger partial charge in [0, 0.05) is 9.37 Å². The summed E-state index contributed by atoms with van der Waals surface area (Å²) >= 11 is 4.71. The van der Waals surface area contributed by atoms with Crippen LogP contribution in [-0.2, 0) is 16.0 Å². The normalized spacial score (nSPS) is 10.2. The molecular weight excluding hydrogens is 383 g/mol. The van der Waals surface area contributed by atoms with Crippen molar-refractivity contribution in [3.8, 4) is 0 Å². The van der Waals surface area contributed by atoms with E-state index < -0.39 is 0 Å². The Bertz CT molecular complexity index is 677. The number of amides is 2. The zero-order valence-electron chi connectivity index (χ0n) is 12.0. The Hall–Kier alpha value is -1.86. The van der Waals surface area contributed by atoms with Crippen molar-refractivity contribution < 1.29 is 14.0 Å². The van der Waals surface area contributed by atoms with Crippen LogP contribution in [0.2, 0.25) is 0 Å². The molecule has 4 nitrogen and oxygen atoms in total. The molecule has 0 aromatic heterocycles. The third-order valence-electron chi connectivity index (χ3n) is 2.80. The van der Waals surface area contributed by atoms with Gasteiger partial charge in [-0.1, -0.05) is 28.1 Å². The average Bonchev–Trinajstić information content (AvgIpc) is 2.54. The topological polar surface area (TPSA) is 58.2 Å². The first-order valence-corrected chi connectivity index (χ1v) is 8.51. The third kappa shape index (κ3) is 6.42. The van der Waals surface area contributed by atoms with E-state index in [2.05, 4.69) is 26.8 Å². The molecule has 0 aliphatic carbocycles. The summed E-state index contributed by atoms with van der Waals surface area (Å²) in [5.41, 5.74) is 5.36. The first-order chi connectivity index (χ1) is 11.0. The van der Waals surface area contributed by atoms with Crippen molar-refractivity contribution in [1.82, 2.24) is 10.9 Å². The minimum absolute atomic E-state index is 0.0699. The number of benzene rings is 2. The molecular formula is C16H14BrFN2O2S. The number of rotatable bonds is 5. The fraction of sp³-hybridized carbons (Fsp3) is 0.125. The van der Waals surface area contributed by atoms with E-state index in [0.717, 1.165) is 9.37 Å². The van der Waals surface area contributed by atoms with E-state index in [1.54, 1.807) is 0 Å². The maximum atomic E-state index is 12.8. The van der Waals surface area contributed by atoms with Gasteiger partial charge in [-0.15, -0.1) is 11.8 Å². The van der Waals surface area contributed by atoms with Crippen LogP contribution in [0.15, 0.2) is 57.9 Å². The smallest absolute Gasteiger partial charge is 0.248 e. The number of hydrogen-bond acceptors (Lipinski definition) is 3. The fourth-order valence-corrected chi connectivity index (χ4v) is 2.65. The van der Waals surface area contributed by atoms with Gasteiger partial charge in [0.05, 0.1) is 12.2 Å². The van der Waals surface area contributed by atoms with E-state index in [1.165, 1.54) is 36.0 Å². The SMILES string of the molecule is O=C(CSc1ccc(Br)cc1)NNC(=O)Cc1ccc(F)cc1. The highest BCUT2D eigenvalue weighted by atomic mass is 79.9. The van der Waals surface area contributed by atoms with E-state index in [1.807, 2.05) is 24.3 Å². The van der Waals surface area contributed by atoms with Gasteiger partial charge in [0.25, 0.3) is 0 Å². The maximum absolute atomic E-state index is 12.8. The third-order valence-corrected chi connectivity index (χ3v) is 4.34. The molecule has 0 bridgehead atoms. The summed E-state index contributed by atoms with van der Waals surface area (Å²) in [7, 11) is 0. The number of thioether (sulfide) groups is 1. The minimum Gasteiger partial charge on any atom is -0.273 e. The molecule has 0 unspecified atom stereocenters. The molecule has 23 heavy (non-hydrogen) atoms.